The van der Waals surface area contributed by atoms with Gasteiger partial charge in [-0.05, 0) is 6.42 Å². The van der Waals surface area contributed by atoms with Crippen LogP contribution < -0.4 is 0 Å². The summed E-state index contributed by atoms with van der Waals surface area (Å²) in [6, 6.07) is 0. The summed E-state index contributed by atoms with van der Waals surface area (Å²) in [5.74, 6) is -0.797. The van der Waals surface area contributed by atoms with E-state index in [1.165, 1.54) is 70.6 Å². The Bertz CT molecular complexity index is 253. The van der Waals surface area contributed by atoms with Crippen molar-refractivity contribution < 1.29 is 14.6 Å². The van der Waals surface area contributed by atoms with Gasteiger partial charge in [0.2, 0.25) is 0 Å². The highest BCUT2D eigenvalue weighted by Crippen LogP contribution is 2.27. The molecule has 0 aliphatic carbocycles. The maximum atomic E-state index is 10.6. The van der Waals surface area contributed by atoms with E-state index in [9.17, 15) is 4.79 Å². The third-order valence-corrected chi connectivity index (χ3v) is 4.17. The van der Waals surface area contributed by atoms with Crippen LogP contribution in [0.3, 0.4) is 0 Å². The molecule has 0 aromatic heterocycles. The topological polar surface area (TPSA) is 49.8 Å². The van der Waals surface area contributed by atoms with Crippen molar-refractivity contribution in [2.45, 2.75) is 103 Å². The van der Waals surface area contributed by atoms with Crippen molar-refractivity contribution in [1.82, 2.24) is 0 Å². The summed E-state index contributed by atoms with van der Waals surface area (Å²) >= 11 is 0. The number of ether oxygens (including phenoxy) is 1. The molecule has 0 amide bonds. The van der Waals surface area contributed by atoms with Crippen molar-refractivity contribution >= 4 is 5.97 Å². The SMILES string of the molecule is CCCCCCCCCCCCCCC1OC1C(=O)O. The van der Waals surface area contributed by atoms with Gasteiger partial charge >= 0.3 is 5.97 Å². The third kappa shape index (κ3) is 8.57. The van der Waals surface area contributed by atoms with Crippen molar-refractivity contribution in [2.75, 3.05) is 0 Å². The standard InChI is InChI=1S/C17H32O3/c1-2-3-4-5-6-7-8-9-10-11-12-13-14-15-16(20-15)17(18)19/h15-16H,2-14H2,1H3,(H,18,19). The average molecular weight is 284 g/mol. The quantitative estimate of drug-likeness (QED) is 0.363. The Balaban J connectivity index is 1.70. The van der Waals surface area contributed by atoms with Gasteiger partial charge in [-0.1, -0.05) is 84.0 Å². The molecule has 0 spiro atoms. The molecule has 2 unspecified atom stereocenters. The Morgan fingerprint density at radius 2 is 1.30 bits per heavy atom. The van der Waals surface area contributed by atoms with Crippen LogP contribution in [0.25, 0.3) is 0 Å². The largest absolute Gasteiger partial charge is 0.479 e. The second-order valence-electron chi connectivity index (χ2n) is 6.11. The van der Waals surface area contributed by atoms with Gasteiger partial charge in [-0.2, -0.15) is 0 Å². The predicted octanol–water partition coefficient (Wildman–Crippen LogP) is 4.93. The van der Waals surface area contributed by atoms with E-state index < -0.39 is 12.1 Å². The molecule has 1 N–H and O–H groups in total. The van der Waals surface area contributed by atoms with Crippen LogP contribution in [0.2, 0.25) is 0 Å². The molecule has 0 aromatic carbocycles. The molecule has 1 fully saturated rings. The van der Waals surface area contributed by atoms with E-state index in [1.807, 2.05) is 0 Å². The number of unbranched alkanes of at least 4 members (excludes halogenated alkanes) is 11. The lowest BCUT2D eigenvalue weighted by Gasteiger charge is -2.02. The van der Waals surface area contributed by atoms with E-state index >= 15 is 0 Å². The molecule has 1 heterocycles. The minimum atomic E-state index is -0.797. The lowest BCUT2D eigenvalue weighted by Crippen LogP contribution is -2.07. The van der Waals surface area contributed by atoms with Crippen LogP contribution in [0.15, 0.2) is 0 Å². The maximum absolute atomic E-state index is 10.6. The summed E-state index contributed by atoms with van der Waals surface area (Å²) in [4.78, 5) is 10.6. The van der Waals surface area contributed by atoms with Gasteiger partial charge in [-0.3, -0.25) is 0 Å². The first kappa shape index (κ1) is 17.5. The number of hydrogen-bond acceptors (Lipinski definition) is 2. The lowest BCUT2D eigenvalue weighted by molar-refractivity contribution is -0.138. The summed E-state index contributed by atoms with van der Waals surface area (Å²) < 4.78 is 5.08. The van der Waals surface area contributed by atoms with E-state index in [1.54, 1.807) is 0 Å². The minimum Gasteiger partial charge on any atom is -0.479 e. The molecule has 1 saturated heterocycles. The van der Waals surface area contributed by atoms with Crippen molar-refractivity contribution in [3.05, 3.63) is 0 Å². The van der Waals surface area contributed by atoms with Crippen molar-refractivity contribution in [1.29, 1.82) is 0 Å². The van der Waals surface area contributed by atoms with Crippen molar-refractivity contribution in [3.8, 4) is 0 Å². The fourth-order valence-corrected chi connectivity index (χ4v) is 2.77. The molecule has 3 nitrogen and oxygen atoms in total. The number of hydrogen-bond donors (Lipinski definition) is 1. The van der Waals surface area contributed by atoms with E-state index in [0.717, 1.165) is 12.8 Å². The zero-order valence-electron chi connectivity index (χ0n) is 13.1. The van der Waals surface area contributed by atoms with Gasteiger partial charge in [0, 0.05) is 0 Å². The van der Waals surface area contributed by atoms with Crippen LogP contribution in [0.5, 0.6) is 0 Å². The molecule has 0 bridgehead atoms. The van der Waals surface area contributed by atoms with Crippen LogP contribution in [-0.4, -0.2) is 23.3 Å². The van der Waals surface area contributed by atoms with Gasteiger partial charge in [0.15, 0.2) is 6.10 Å². The zero-order valence-corrected chi connectivity index (χ0v) is 13.1. The maximum Gasteiger partial charge on any atom is 0.335 e. The van der Waals surface area contributed by atoms with Crippen LogP contribution in [0.1, 0.15) is 90.4 Å². The second kappa shape index (κ2) is 11.1. The van der Waals surface area contributed by atoms with Crippen LogP contribution in [0, 0.1) is 0 Å². The van der Waals surface area contributed by atoms with Gasteiger partial charge in [0.1, 0.15) is 0 Å². The summed E-state index contributed by atoms with van der Waals surface area (Å²) in [6.45, 7) is 2.26. The van der Waals surface area contributed by atoms with Gasteiger partial charge in [-0.15, -0.1) is 0 Å². The fourth-order valence-electron chi connectivity index (χ4n) is 2.77. The Hall–Kier alpha value is -0.570. The fraction of sp³-hybridized carbons (Fsp3) is 0.941. The minimum absolute atomic E-state index is 0.00983. The molecular formula is C17H32O3. The smallest absolute Gasteiger partial charge is 0.335 e. The van der Waals surface area contributed by atoms with Crippen molar-refractivity contribution in [2.24, 2.45) is 0 Å². The second-order valence-corrected chi connectivity index (χ2v) is 6.11. The number of aliphatic carboxylic acids is 1. The van der Waals surface area contributed by atoms with E-state index in [0.29, 0.717) is 0 Å². The number of carboxylic acid groups (broad SMARTS) is 1. The highest BCUT2D eigenvalue weighted by Gasteiger charge is 2.44. The summed E-state index contributed by atoms with van der Waals surface area (Å²) in [5.41, 5.74) is 0. The lowest BCUT2D eigenvalue weighted by atomic mass is 10.0. The van der Waals surface area contributed by atoms with Crippen LogP contribution in [0.4, 0.5) is 0 Å². The normalized spacial score (nSPS) is 21.1. The Kier molecular flexibility index (Phi) is 9.73. The average Bonchev–Trinajstić information content (AvgIpc) is 3.20. The molecule has 2 atom stereocenters. The highest BCUT2D eigenvalue weighted by molar-refractivity contribution is 5.75. The summed E-state index contributed by atoms with van der Waals surface area (Å²) in [6.07, 6.45) is 16.5. The van der Waals surface area contributed by atoms with Gasteiger partial charge in [0.25, 0.3) is 0 Å². The number of rotatable bonds is 14. The number of carbonyl (C=O) groups is 1. The first-order valence-corrected chi connectivity index (χ1v) is 8.64. The first-order chi connectivity index (χ1) is 9.75. The molecule has 118 valence electrons. The number of carboxylic acids is 1. The van der Waals surface area contributed by atoms with E-state index in [4.69, 9.17) is 9.84 Å². The Morgan fingerprint density at radius 1 is 0.850 bits per heavy atom. The highest BCUT2D eigenvalue weighted by atomic mass is 16.6. The third-order valence-electron chi connectivity index (χ3n) is 4.17. The van der Waals surface area contributed by atoms with Gasteiger partial charge in [-0.25, -0.2) is 4.79 Å². The van der Waals surface area contributed by atoms with Crippen LogP contribution >= 0.6 is 0 Å². The Labute approximate surface area is 124 Å². The molecule has 1 rings (SSSR count). The van der Waals surface area contributed by atoms with Crippen molar-refractivity contribution in [3.63, 3.8) is 0 Å². The molecule has 20 heavy (non-hydrogen) atoms. The Morgan fingerprint density at radius 3 is 1.70 bits per heavy atom. The molecule has 1 aliphatic heterocycles. The first-order valence-electron chi connectivity index (χ1n) is 8.64. The molecular weight excluding hydrogens is 252 g/mol. The molecule has 3 heteroatoms. The van der Waals surface area contributed by atoms with E-state index in [-0.39, 0.29) is 6.10 Å². The number of epoxide rings is 1. The van der Waals surface area contributed by atoms with Gasteiger partial charge in [0.05, 0.1) is 6.10 Å². The van der Waals surface area contributed by atoms with Gasteiger partial charge < -0.3 is 9.84 Å². The molecule has 0 aromatic rings. The monoisotopic (exact) mass is 284 g/mol. The zero-order chi connectivity index (χ0) is 14.6. The van der Waals surface area contributed by atoms with E-state index in [2.05, 4.69) is 6.92 Å². The molecule has 0 saturated carbocycles. The molecule has 0 radical (unpaired) electrons. The predicted molar refractivity (Wildman–Crippen MR) is 82.0 cm³/mol. The summed E-state index contributed by atoms with van der Waals surface area (Å²) in [7, 11) is 0. The van der Waals surface area contributed by atoms with Crippen LogP contribution in [-0.2, 0) is 9.53 Å². The molecule has 1 aliphatic rings. The summed E-state index contributed by atoms with van der Waals surface area (Å²) in [5, 5.41) is 8.69.